The third kappa shape index (κ3) is 6.32. The second-order valence-electron chi connectivity index (χ2n) is 10.1. The first kappa shape index (κ1) is 29.3. The van der Waals surface area contributed by atoms with E-state index >= 15 is 0 Å². The van der Waals surface area contributed by atoms with Crippen molar-refractivity contribution in [1.82, 2.24) is 14.5 Å². The van der Waals surface area contributed by atoms with Gasteiger partial charge in [-0.25, -0.2) is 9.37 Å². The Bertz CT molecular complexity index is 1570. The molecule has 1 amide bonds. The Balaban J connectivity index is 1.41. The zero-order valence-corrected chi connectivity index (χ0v) is 24.1. The highest BCUT2D eigenvalue weighted by molar-refractivity contribution is 6.30. The first-order valence-electron chi connectivity index (χ1n) is 13.5. The van der Waals surface area contributed by atoms with Crippen LogP contribution in [0.3, 0.4) is 0 Å². The van der Waals surface area contributed by atoms with Gasteiger partial charge in [0.15, 0.2) is 5.78 Å². The van der Waals surface area contributed by atoms with E-state index in [9.17, 15) is 14.0 Å². The summed E-state index contributed by atoms with van der Waals surface area (Å²) in [5.74, 6) is 0.588. The fourth-order valence-corrected chi connectivity index (χ4v) is 5.07. The van der Waals surface area contributed by atoms with Gasteiger partial charge in [0.1, 0.15) is 35.2 Å². The summed E-state index contributed by atoms with van der Waals surface area (Å²) in [4.78, 5) is 33.7. The lowest BCUT2D eigenvalue weighted by Crippen LogP contribution is -2.42. The zero-order valence-electron chi connectivity index (χ0n) is 23.4. The maximum absolute atomic E-state index is 14.2. The fourth-order valence-electron chi connectivity index (χ4n) is 4.89. The molecule has 0 saturated heterocycles. The van der Waals surface area contributed by atoms with Gasteiger partial charge in [0, 0.05) is 36.3 Å². The van der Waals surface area contributed by atoms with Crippen LogP contribution in [0.2, 0.25) is 5.02 Å². The van der Waals surface area contributed by atoms with Crippen LogP contribution in [0.1, 0.15) is 29.8 Å². The normalized spacial score (nSPS) is 13.4. The Labute approximate surface area is 248 Å². The van der Waals surface area contributed by atoms with Crippen molar-refractivity contribution in [3.8, 4) is 17.2 Å². The summed E-state index contributed by atoms with van der Waals surface area (Å²) in [5, 5.41) is -0.0268. The van der Waals surface area contributed by atoms with Crippen molar-refractivity contribution in [2.45, 2.75) is 32.5 Å². The lowest BCUT2D eigenvalue weighted by atomic mass is 9.98. The average Bonchev–Trinajstić information content (AvgIpc) is 3.70. The Morgan fingerprint density at radius 3 is 2.50 bits per heavy atom. The SMILES string of the molecule is COc1ccc(CN(Cc2nccn2-c2ccc(F)c(Cl)c2)C(=O)C2(C(=O)COCc3ccccc3)CC2)c(OC)c1. The minimum Gasteiger partial charge on any atom is -0.497 e. The molecule has 0 aliphatic heterocycles. The number of imidazole rings is 1. The molecule has 0 bridgehead atoms. The van der Waals surface area contributed by atoms with Gasteiger partial charge in [0.2, 0.25) is 5.91 Å². The fraction of sp³-hybridized carbons (Fsp3) is 0.281. The molecule has 0 spiro atoms. The molecular weight excluding hydrogens is 561 g/mol. The summed E-state index contributed by atoms with van der Waals surface area (Å²) in [6.45, 7) is 0.350. The summed E-state index contributed by atoms with van der Waals surface area (Å²) in [6.07, 6.45) is 4.19. The van der Waals surface area contributed by atoms with Gasteiger partial charge >= 0.3 is 0 Å². The molecule has 4 aromatic rings. The van der Waals surface area contributed by atoms with Gasteiger partial charge in [-0.05, 0) is 48.7 Å². The molecule has 1 aliphatic carbocycles. The summed E-state index contributed by atoms with van der Waals surface area (Å²) in [5.41, 5.74) is 1.11. The lowest BCUT2D eigenvalue weighted by Gasteiger charge is -2.28. The number of Topliss-reactive ketones (excluding diaryl/α,β-unsaturated/α-hetero) is 1. The van der Waals surface area contributed by atoms with Gasteiger partial charge in [-0.1, -0.05) is 41.9 Å². The van der Waals surface area contributed by atoms with Crippen LogP contribution < -0.4 is 9.47 Å². The Hall–Kier alpha value is -4.21. The number of ether oxygens (including phenoxy) is 3. The molecule has 42 heavy (non-hydrogen) atoms. The average molecular weight is 592 g/mol. The number of benzene rings is 3. The molecule has 1 heterocycles. The van der Waals surface area contributed by atoms with Gasteiger partial charge in [0.25, 0.3) is 0 Å². The van der Waals surface area contributed by atoms with E-state index in [1.807, 2.05) is 36.4 Å². The molecule has 1 fully saturated rings. The molecule has 8 nitrogen and oxygen atoms in total. The van der Waals surface area contributed by atoms with E-state index in [0.717, 1.165) is 11.1 Å². The lowest BCUT2D eigenvalue weighted by molar-refractivity contribution is -0.146. The van der Waals surface area contributed by atoms with E-state index in [0.29, 0.717) is 35.9 Å². The second-order valence-corrected chi connectivity index (χ2v) is 10.5. The number of hydrogen-bond acceptors (Lipinski definition) is 6. The van der Waals surface area contributed by atoms with E-state index in [4.69, 9.17) is 25.8 Å². The number of methoxy groups -OCH3 is 2. The van der Waals surface area contributed by atoms with Crippen molar-refractivity contribution in [3.05, 3.63) is 107 Å². The van der Waals surface area contributed by atoms with Gasteiger partial charge in [-0.3, -0.25) is 9.59 Å². The maximum Gasteiger partial charge on any atom is 0.237 e. The number of amides is 1. The van der Waals surface area contributed by atoms with E-state index in [2.05, 4.69) is 4.98 Å². The van der Waals surface area contributed by atoms with E-state index < -0.39 is 11.2 Å². The zero-order chi connectivity index (χ0) is 29.7. The second kappa shape index (κ2) is 12.8. The molecule has 0 unspecified atom stereocenters. The van der Waals surface area contributed by atoms with Crippen LogP contribution in [0, 0.1) is 11.2 Å². The first-order valence-corrected chi connectivity index (χ1v) is 13.9. The molecule has 0 N–H and O–H groups in total. The number of ketones is 1. The van der Waals surface area contributed by atoms with Crippen molar-refractivity contribution < 1.29 is 28.2 Å². The van der Waals surface area contributed by atoms with E-state index in [-0.39, 0.29) is 43.0 Å². The molecule has 1 aliphatic rings. The van der Waals surface area contributed by atoms with Gasteiger partial charge in [-0.15, -0.1) is 0 Å². The Kier molecular flexibility index (Phi) is 8.89. The molecule has 3 aromatic carbocycles. The van der Waals surface area contributed by atoms with Crippen LogP contribution >= 0.6 is 11.6 Å². The van der Waals surface area contributed by atoms with E-state index in [1.165, 1.54) is 12.1 Å². The van der Waals surface area contributed by atoms with Crippen LogP contribution in [-0.4, -0.2) is 47.0 Å². The highest BCUT2D eigenvalue weighted by atomic mass is 35.5. The predicted octanol–water partition coefficient (Wildman–Crippen LogP) is 5.78. The Morgan fingerprint density at radius 1 is 1.02 bits per heavy atom. The number of nitrogens with zero attached hydrogens (tertiary/aromatic N) is 3. The van der Waals surface area contributed by atoms with Crippen LogP contribution in [0.4, 0.5) is 4.39 Å². The van der Waals surface area contributed by atoms with Crippen LogP contribution in [-0.2, 0) is 34.0 Å². The third-order valence-electron chi connectivity index (χ3n) is 7.41. The molecule has 218 valence electrons. The number of carbonyl (C=O) groups is 2. The molecule has 0 radical (unpaired) electrons. The highest BCUT2D eigenvalue weighted by Gasteiger charge is 2.57. The summed E-state index contributed by atoms with van der Waals surface area (Å²) in [7, 11) is 3.11. The minimum atomic E-state index is -1.16. The maximum atomic E-state index is 14.2. The number of hydrogen-bond donors (Lipinski definition) is 0. The van der Waals surface area contributed by atoms with Gasteiger partial charge < -0.3 is 23.7 Å². The molecular formula is C32H31ClFN3O5. The van der Waals surface area contributed by atoms with Crippen LogP contribution in [0.5, 0.6) is 11.5 Å². The number of carbonyl (C=O) groups excluding carboxylic acids is 2. The molecule has 1 saturated carbocycles. The number of halogens is 2. The number of rotatable bonds is 13. The Morgan fingerprint density at radius 2 is 1.81 bits per heavy atom. The van der Waals surface area contributed by atoms with Crippen LogP contribution in [0.25, 0.3) is 5.69 Å². The monoisotopic (exact) mass is 591 g/mol. The van der Waals surface area contributed by atoms with Gasteiger partial charge in [0.05, 0.1) is 32.4 Å². The summed E-state index contributed by atoms with van der Waals surface area (Å²) >= 11 is 6.04. The highest BCUT2D eigenvalue weighted by Crippen LogP contribution is 2.49. The van der Waals surface area contributed by atoms with Crippen molar-refractivity contribution >= 4 is 23.3 Å². The number of aromatic nitrogens is 2. The molecule has 1 aromatic heterocycles. The van der Waals surface area contributed by atoms with Crippen molar-refractivity contribution in [2.75, 3.05) is 20.8 Å². The summed E-state index contributed by atoms with van der Waals surface area (Å²) < 4.78 is 32.2. The van der Waals surface area contributed by atoms with E-state index in [1.54, 1.807) is 54.3 Å². The minimum absolute atomic E-state index is 0.0268. The largest absolute Gasteiger partial charge is 0.497 e. The third-order valence-corrected chi connectivity index (χ3v) is 7.70. The van der Waals surface area contributed by atoms with Crippen molar-refractivity contribution in [3.63, 3.8) is 0 Å². The smallest absolute Gasteiger partial charge is 0.237 e. The molecule has 0 atom stereocenters. The standard InChI is InChI=1S/C32H31ClFN3O5/c1-40-25-10-8-23(28(17-25)41-2)18-36(19-30-35-14-15-37(30)24-9-11-27(34)26(33)16-24)31(39)32(12-13-32)29(38)21-42-20-22-6-4-3-5-7-22/h3-11,14-17H,12-13,18-21H2,1-2H3. The van der Waals surface area contributed by atoms with Crippen molar-refractivity contribution in [2.24, 2.45) is 5.41 Å². The summed E-state index contributed by atoms with van der Waals surface area (Å²) in [6, 6.07) is 19.3. The predicted molar refractivity (Wildman–Crippen MR) is 155 cm³/mol. The topological polar surface area (TPSA) is 82.9 Å². The quantitative estimate of drug-likeness (QED) is 0.183. The first-order chi connectivity index (χ1) is 20.3. The van der Waals surface area contributed by atoms with Gasteiger partial charge in [-0.2, -0.15) is 0 Å². The van der Waals surface area contributed by atoms with Crippen LogP contribution in [0.15, 0.2) is 79.1 Å². The molecule has 5 rings (SSSR count). The molecule has 10 heteroatoms. The van der Waals surface area contributed by atoms with Crippen molar-refractivity contribution in [1.29, 1.82) is 0 Å².